The van der Waals surface area contributed by atoms with E-state index in [1.54, 1.807) is 11.3 Å². The molecule has 59 heavy (non-hydrogen) atoms. The third kappa shape index (κ3) is 5.47. The van der Waals surface area contributed by atoms with Crippen molar-refractivity contribution in [3.63, 3.8) is 0 Å². The highest BCUT2D eigenvalue weighted by atomic mass is 32.1. The second-order valence-electron chi connectivity index (χ2n) is 14.6. The summed E-state index contributed by atoms with van der Waals surface area (Å²) in [4.78, 5) is 20.9. The second kappa shape index (κ2) is 13.4. The first-order chi connectivity index (χ1) is 29.2. The number of fused-ring (bicyclic) bond motifs is 7. The van der Waals surface area contributed by atoms with E-state index in [4.69, 9.17) is 24.4 Å². The zero-order valence-corrected chi connectivity index (χ0v) is 32.3. The fourth-order valence-corrected chi connectivity index (χ4v) is 9.61. The number of thiophene rings is 1. The van der Waals surface area contributed by atoms with Crippen LogP contribution >= 0.6 is 11.3 Å². The van der Waals surface area contributed by atoms with E-state index in [1.165, 1.54) is 14.8 Å². The van der Waals surface area contributed by atoms with Crippen molar-refractivity contribution in [2.24, 2.45) is 0 Å². The van der Waals surface area contributed by atoms with Crippen molar-refractivity contribution < 1.29 is 4.42 Å². The zero-order chi connectivity index (χ0) is 38.9. The Balaban J connectivity index is 1.10. The van der Waals surface area contributed by atoms with E-state index >= 15 is 0 Å². The zero-order valence-electron chi connectivity index (χ0n) is 31.5. The molecule has 12 aromatic rings. The van der Waals surface area contributed by atoms with Crippen molar-refractivity contribution >= 4 is 64.4 Å². The highest BCUT2D eigenvalue weighted by molar-refractivity contribution is 7.25. The average Bonchev–Trinajstić information content (AvgIpc) is 4.02. The molecule has 0 spiro atoms. The predicted octanol–water partition coefficient (Wildman–Crippen LogP) is 13.8. The Bertz CT molecular complexity index is 3570. The molecule has 0 aliphatic rings. The molecule has 0 fully saturated rings. The Hall–Kier alpha value is -7.74. The summed E-state index contributed by atoms with van der Waals surface area (Å²) in [5.41, 5.74) is 10.6. The number of benzene rings is 8. The van der Waals surface area contributed by atoms with Crippen LogP contribution < -0.4 is 0 Å². The van der Waals surface area contributed by atoms with Crippen LogP contribution in [0.15, 0.2) is 192 Å². The SMILES string of the molecule is c1ccc(-c2nc3cccc(-c4cccc(-c5nc(-c6cccc7sc8ccccc8c67)nc(-n6c7ccccc7c7c(-c8ccccc8)cccc76)n5)c4)c3o2)cc1. The van der Waals surface area contributed by atoms with E-state index in [2.05, 4.69) is 150 Å². The van der Waals surface area contributed by atoms with Crippen LogP contribution in [-0.4, -0.2) is 24.5 Å². The van der Waals surface area contributed by atoms with E-state index in [1.807, 2.05) is 42.5 Å². The van der Waals surface area contributed by atoms with Crippen LogP contribution in [0.4, 0.5) is 0 Å². The molecule has 0 saturated heterocycles. The lowest BCUT2D eigenvalue weighted by molar-refractivity contribution is 0.621. The number of rotatable bonds is 6. The molecule has 8 aromatic carbocycles. The summed E-state index contributed by atoms with van der Waals surface area (Å²) in [7, 11) is 0. The van der Waals surface area contributed by atoms with E-state index in [0.29, 0.717) is 23.5 Å². The van der Waals surface area contributed by atoms with E-state index in [0.717, 1.165) is 77.2 Å². The van der Waals surface area contributed by atoms with Gasteiger partial charge in [-0.15, -0.1) is 11.3 Å². The lowest BCUT2D eigenvalue weighted by Crippen LogP contribution is -2.06. The fraction of sp³-hybridized carbons (Fsp3) is 0. The summed E-state index contributed by atoms with van der Waals surface area (Å²) in [5, 5.41) is 4.62. The Morgan fingerprint density at radius 2 is 1.03 bits per heavy atom. The van der Waals surface area contributed by atoms with Gasteiger partial charge in [-0.05, 0) is 65.2 Å². The minimum Gasteiger partial charge on any atom is -0.435 e. The molecule has 4 aromatic heterocycles. The highest BCUT2D eigenvalue weighted by Crippen LogP contribution is 2.42. The number of oxazole rings is 1. The molecule has 4 heterocycles. The summed E-state index contributed by atoms with van der Waals surface area (Å²) >= 11 is 1.79. The molecule has 0 aliphatic heterocycles. The third-order valence-corrected chi connectivity index (χ3v) is 12.3. The van der Waals surface area contributed by atoms with E-state index in [9.17, 15) is 0 Å². The Morgan fingerprint density at radius 3 is 1.92 bits per heavy atom. The summed E-state index contributed by atoms with van der Waals surface area (Å²) in [6.07, 6.45) is 0. The van der Waals surface area contributed by atoms with Crippen molar-refractivity contribution in [3.05, 3.63) is 188 Å². The standard InChI is InChI=1S/C52H31N5OS/c1-3-15-32(16-4-1)36-23-13-28-43-46(36)38-21-7-9-27-42(38)57(43)52-55-49(54-50(56-52)40-25-14-30-45-47(40)39-22-8-10-29-44(39)59-45)35-20-11-19-34(31-35)37-24-12-26-41-48(37)58-51(53-41)33-17-5-2-6-18-33/h1-31H. The minimum absolute atomic E-state index is 0.549. The number of hydrogen-bond acceptors (Lipinski definition) is 6. The first-order valence-electron chi connectivity index (χ1n) is 19.6. The van der Waals surface area contributed by atoms with Gasteiger partial charge in [0.25, 0.3) is 0 Å². The normalized spacial score (nSPS) is 11.7. The Morgan fingerprint density at radius 1 is 0.407 bits per heavy atom. The van der Waals surface area contributed by atoms with Crippen molar-refractivity contribution in [2.75, 3.05) is 0 Å². The molecule has 0 radical (unpaired) electrons. The van der Waals surface area contributed by atoms with E-state index in [-0.39, 0.29) is 0 Å². The quantitative estimate of drug-likeness (QED) is 0.168. The molecule has 7 heteroatoms. The fourth-order valence-electron chi connectivity index (χ4n) is 8.47. The third-order valence-electron chi connectivity index (χ3n) is 11.1. The summed E-state index contributed by atoms with van der Waals surface area (Å²) < 4.78 is 11.1. The summed E-state index contributed by atoms with van der Waals surface area (Å²) in [5.74, 6) is 2.32. The van der Waals surface area contributed by atoms with Gasteiger partial charge in [0.1, 0.15) is 5.52 Å². The lowest BCUT2D eigenvalue weighted by atomic mass is 9.99. The monoisotopic (exact) mass is 773 g/mol. The molecule has 0 bridgehead atoms. The maximum Gasteiger partial charge on any atom is 0.238 e. The van der Waals surface area contributed by atoms with E-state index < -0.39 is 0 Å². The molecule has 0 unspecified atom stereocenters. The Labute approximate surface area is 342 Å². The smallest absolute Gasteiger partial charge is 0.238 e. The largest absolute Gasteiger partial charge is 0.435 e. The van der Waals surface area contributed by atoms with Crippen LogP contribution in [0.25, 0.3) is 116 Å². The van der Waals surface area contributed by atoms with Gasteiger partial charge < -0.3 is 4.42 Å². The maximum absolute atomic E-state index is 6.47. The molecule has 0 saturated carbocycles. The van der Waals surface area contributed by atoms with Gasteiger partial charge in [0.15, 0.2) is 17.2 Å². The van der Waals surface area contributed by atoms with Crippen LogP contribution in [0.3, 0.4) is 0 Å². The van der Waals surface area contributed by atoms with Crippen molar-refractivity contribution in [2.45, 2.75) is 0 Å². The summed E-state index contributed by atoms with van der Waals surface area (Å²) in [6, 6.07) is 65.0. The summed E-state index contributed by atoms with van der Waals surface area (Å²) in [6.45, 7) is 0. The first kappa shape index (κ1) is 33.4. The molecule has 0 aliphatic carbocycles. The molecule has 0 amide bonds. The van der Waals surface area contributed by atoms with Gasteiger partial charge in [0.05, 0.1) is 11.0 Å². The number of nitrogens with zero attached hydrogens (tertiary/aromatic N) is 5. The van der Waals surface area contributed by atoms with Gasteiger partial charge in [0, 0.05) is 53.2 Å². The topological polar surface area (TPSA) is 69.6 Å². The molecule has 0 atom stereocenters. The van der Waals surface area contributed by atoms with Crippen LogP contribution in [0.2, 0.25) is 0 Å². The number of aromatic nitrogens is 5. The first-order valence-corrected chi connectivity index (χ1v) is 20.4. The van der Waals surface area contributed by atoms with Crippen molar-refractivity contribution in [3.8, 4) is 62.4 Å². The maximum atomic E-state index is 6.47. The van der Waals surface area contributed by atoms with Crippen LogP contribution in [-0.2, 0) is 0 Å². The average molecular weight is 774 g/mol. The van der Waals surface area contributed by atoms with Crippen molar-refractivity contribution in [1.82, 2.24) is 24.5 Å². The highest BCUT2D eigenvalue weighted by Gasteiger charge is 2.22. The van der Waals surface area contributed by atoms with Crippen LogP contribution in [0.5, 0.6) is 0 Å². The molecule has 12 rings (SSSR count). The van der Waals surface area contributed by atoms with Crippen molar-refractivity contribution in [1.29, 1.82) is 0 Å². The van der Waals surface area contributed by atoms with Gasteiger partial charge in [0.2, 0.25) is 11.8 Å². The lowest BCUT2D eigenvalue weighted by Gasteiger charge is -2.12. The molecular formula is C52H31N5OS. The van der Waals surface area contributed by atoms with Gasteiger partial charge in [-0.1, -0.05) is 140 Å². The van der Waals surface area contributed by atoms with Gasteiger partial charge in [-0.25, -0.2) is 9.97 Å². The molecule has 0 N–H and O–H groups in total. The van der Waals surface area contributed by atoms with Crippen LogP contribution in [0, 0.1) is 0 Å². The Kier molecular flexibility index (Phi) is 7.61. The second-order valence-corrected chi connectivity index (χ2v) is 15.7. The van der Waals surface area contributed by atoms with Gasteiger partial charge in [-0.3, -0.25) is 4.57 Å². The molecule has 276 valence electrons. The molecule has 6 nitrogen and oxygen atoms in total. The minimum atomic E-state index is 0.549. The predicted molar refractivity (Wildman–Crippen MR) is 242 cm³/mol. The number of para-hydroxylation sites is 2. The molecular weight excluding hydrogens is 743 g/mol. The number of hydrogen-bond donors (Lipinski definition) is 0. The van der Waals surface area contributed by atoms with Gasteiger partial charge >= 0.3 is 0 Å². The van der Waals surface area contributed by atoms with Crippen LogP contribution in [0.1, 0.15) is 0 Å². The van der Waals surface area contributed by atoms with Gasteiger partial charge in [-0.2, -0.15) is 9.97 Å².